The largest absolute Gasteiger partial charge is 0.350 e. The fourth-order valence-electron chi connectivity index (χ4n) is 4.35. The smallest absolute Gasteiger partial charge is 0.249 e. The fourth-order valence-corrected chi connectivity index (χ4v) is 4.35. The zero-order valence-electron chi connectivity index (χ0n) is 20.1. The third-order valence-corrected chi connectivity index (χ3v) is 5.96. The molecule has 0 saturated heterocycles. The van der Waals surface area contributed by atoms with Crippen molar-refractivity contribution in [3.05, 3.63) is 59.3 Å². The number of benzene rings is 1. The van der Waals surface area contributed by atoms with Crippen molar-refractivity contribution < 1.29 is 18.0 Å². The predicted octanol–water partition coefficient (Wildman–Crippen LogP) is 4.11. The van der Waals surface area contributed by atoms with E-state index in [1.807, 2.05) is 32.6 Å². The highest BCUT2D eigenvalue weighted by molar-refractivity contribution is 6.04. The molecule has 2 aromatic heterocycles. The van der Waals surface area contributed by atoms with Crippen LogP contribution in [0.4, 0.5) is 30.6 Å². The van der Waals surface area contributed by atoms with E-state index in [0.717, 1.165) is 17.7 Å². The minimum atomic E-state index is -1.49. The number of nitrogens with one attached hydrogen (secondary N) is 1. The average molecular weight is 488 g/mol. The number of rotatable bonds is 8. The van der Waals surface area contributed by atoms with Crippen LogP contribution in [-0.2, 0) is 17.9 Å². The summed E-state index contributed by atoms with van der Waals surface area (Å²) >= 11 is 0. The van der Waals surface area contributed by atoms with Crippen LogP contribution in [0.2, 0.25) is 0 Å². The van der Waals surface area contributed by atoms with Gasteiger partial charge in [-0.3, -0.25) is 9.48 Å². The van der Waals surface area contributed by atoms with E-state index in [4.69, 9.17) is 4.98 Å². The van der Waals surface area contributed by atoms with Gasteiger partial charge in [0.15, 0.2) is 23.3 Å². The molecule has 0 saturated carbocycles. The van der Waals surface area contributed by atoms with Crippen LogP contribution in [0.5, 0.6) is 0 Å². The van der Waals surface area contributed by atoms with Gasteiger partial charge in [0.1, 0.15) is 11.7 Å². The number of amides is 1. The molecule has 1 aliphatic heterocycles. The van der Waals surface area contributed by atoms with Gasteiger partial charge >= 0.3 is 0 Å². The van der Waals surface area contributed by atoms with E-state index in [9.17, 15) is 18.0 Å². The molecule has 0 aliphatic carbocycles. The molecule has 0 spiro atoms. The molecule has 1 aromatic carbocycles. The maximum Gasteiger partial charge on any atom is 0.249 e. The van der Waals surface area contributed by atoms with Gasteiger partial charge in [-0.2, -0.15) is 10.1 Å². The number of nitrogens with zero attached hydrogens (tertiary/aromatic N) is 6. The second-order valence-electron chi connectivity index (χ2n) is 8.68. The molecule has 0 unspecified atom stereocenters. The van der Waals surface area contributed by atoms with Crippen LogP contribution >= 0.6 is 0 Å². The van der Waals surface area contributed by atoms with Crippen LogP contribution in [0.15, 0.2) is 30.7 Å². The summed E-state index contributed by atoms with van der Waals surface area (Å²) < 4.78 is 41.6. The molecule has 1 N–H and O–H groups in total. The summed E-state index contributed by atoms with van der Waals surface area (Å²) in [5.41, 5.74) is 1.75. The monoisotopic (exact) mass is 487 g/mol. The van der Waals surface area contributed by atoms with Crippen molar-refractivity contribution in [2.24, 2.45) is 0 Å². The summed E-state index contributed by atoms with van der Waals surface area (Å²) in [6, 6.07) is 1.69. The third kappa shape index (κ3) is 4.80. The number of aromatic nitrogens is 4. The van der Waals surface area contributed by atoms with Crippen molar-refractivity contribution >= 4 is 23.4 Å². The predicted molar refractivity (Wildman–Crippen MR) is 127 cm³/mol. The minimum absolute atomic E-state index is 0.0499. The number of likely N-dealkylation sites (N-methyl/N-ethyl adjacent to an activating group) is 1. The lowest BCUT2D eigenvalue weighted by Crippen LogP contribution is -2.56. The quantitative estimate of drug-likeness (QED) is 0.482. The number of anilines is 3. The first-order valence-electron chi connectivity index (χ1n) is 11.6. The number of fused-ring (bicyclic) bond motifs is 1. The molecule has 4 rings (SSSR count). The van der Waals surface area contributed by atoms with Crippen molar-refractivity contribution in [1.29, 1.82) is 0 Å². The number of halogens is 3. The number of carbonyl (C=O) groups excluding carboxylic acids is 1. The van der Waals surface area contributed by atoms with Gasteiger partial charge < -0.3 is 15.1 Å². The summed E-state index contributed by atoms with van der Waals surface area (Å²) in [7, 11) is 0. The Bertz CT molecular complexity index is 1210. The number of hydrogen-bond donors (Lipinski definition) is 1. The summed E-state index contributed by atoms with van der Waals surface area (Å²) in [6.07, 6.45) is 5.66. The fraction of sp³-hybridized carbons (Fsp3) is 0.417. The SMILES string of the molecule is CC[C@@H]1C(=O)N(CC)c2cnc(NCc3cnn(Cc4cc(F)c(F)c(F)c4)c3)nc2N1C(C)C. The van der Waals surface area contributed by atoms with E-state index >= 15 is 0 Å². The van der Waals surface area contributed by atoms with Gasteiger partial charge in [-0.1, -0.05) is 6.92 Å². The van der Waals surface area contributed by atoms with E-state index in [1.165, 1.54) is 4.68 Å². The lowest BCUT2D eigenvalue weighted by atomic mass is 10.0. The highest BCUT2D eigenvalue weighted by Crippen LogP contribution is 2.36. The molecule has 35 heavy (non-hydrogen) atoms. The van der Waals surface area contributed by atoms with Crippen LogP contribution < -0.4 is 15.1 Å². The van der Waals surface area contributed by atoms with Crippen molar-refractivity contribution in [3.8, 4) is 0 Å². The van der Waals surface area contributed by atoms with Crippen LogP contribution in [0.1, 0.15) is 45.2 Å². The van der Waals surface area contributed by atoms with Gasteiger partial charge in [0, 0.05) is 30.9 Å². The van der Waals surface area contributed by atoms with E-state index in [-0.39, 0.29) is 30.1 Å². The molecule has 186 valence electrons. The standard InChI is InChI=1S/C24H28F3N7O/c1-5-19-23(35)33(6-2)20-11-29-24(31-22(20)34(19)14(3)4)28-9-16-10-30-32(13-16)12-15-7-17(25)21(27)18(26)8-15/h7-8,10-11,13-14,19H,5-6,9,12H2,1-4H3,(H,28,29,31)/t19-/m1/s1. The van der Waals surface area contributed by atoms with Crippen molar-refractivity contribution in [2.45, 2.75) is 59.3 Å². The molecule has 3 heterocycles. The van der Waals surface area contributed by atoms with Crippen LogP contribution in [0.25, 0.3) is 0 Å². The Kier molecular flexibility index (Phi) is 6.95. The van der Waals surface area contributed by atoms with Gasteiger partial charge in [-0.05, 0) is 44.9 Å². The molecule has 3 aromatic rings. The van der Waals surface area contributed by atoms with E-state index in [0.29, 0.717) is 37.0 Å². The van der Waals surface area contributed by atoms with Crippen molar-refractivity contribution in [3.63, 3.8) is 0 Å². The lowest BCUT2D eigenvalue weighted by molar-refractivity contribution is -0.120. The zero-order chi connectivity index (χ0) is 25.3. The molecule has 0 radical (unpaired) electrons. The first kappa shape index (κ1) is 24.5. The van der Waals surface area contributed by atoms with Crippen LogP contribution in [0.3, 0.4) is 0 Å². The second kappa shape index (κ2) is 9.93. The first-order chi connectivity index (χ1) is 16.7. The maximum absolute atomic E-state index is 13.5. The summed E-state index contributed by atoms with van der Waals surface area (Å²) in [5, 5.41) is 7.38. The Morgan fingerprint density at radius 3 is 2.43 bits per heavy atom. The van der Waals surface area contributed by atoms with Gasteiger partial charge in [0.05, 0.1) is 18.9 Å². The Hall–Kier alpha value is -3.63. The highest BCUT2D eigenvalue weighted by Gasteiger charge is 2.39. The molecule has 11 heteroatoms. The molecule has 0 bridgehead atoms. The molecule has 1 atom stereocenters. The van der Waals surface area contributed by atoms with E-state index in [1.54, 1.807) is 23.5 Å². The molecule has 1 amide bonds. The topological polar surface area (TPSA) is 79.2 Å². The van der Waals surface area contributed by atoms with Crippen molar-refractivity contribution in [1.82, 2.24) is 19.7 Å². The Labute approximate surface area is 201 Å². The second-order valence-corrected chi connectivity index (χ2v) is 8.68. The molecule has 1 aliphatic rings. The molecule has 0 fully saturated rings. The average Bonchev–Trinajstić information content (AvgIpc) is 3.27. The Balaban J connectivity index is 1.50. The summed E-state index contributed by atoms with van der Waals surface area (Å²) in [4.78, 5) is 25.9. The molecular weight excluding hydrogens is 459 g/mol. The van der Waals surface area contributed by atoms with Crippen molar-refractivity contribution in [2.75, 3.05) is 21.7 Å². The van der Waals surface area contributed by atoms with Crippen LogP contribution in [0, 0.1) is 17.5 Å². The minimum Gasteiger partial charge on any atom is -0.350 e. The lowest BCUT2D eigenvalue weighted by Gasteiger charge is -2.43. The first-order valence-corrected chi connectivity index (χ1v) is 11.6. The Morgan fingerprint density at radius 2 is 1.80 bits per heavy atom. The van der Waals surface area contributed by atoms with Gasteiger partial charge in [0.2, 0.25) is 11.9 Å². The van der Waals surface area contributed by atoms with E-state index in [2.05, 4.69) is 15.4 Å². The summed E-state index contributed by atoms with van der Waals surface area (Å²) in [6.45, 7) is 8.97. The number of carbonyl (C=O) groups is 1. The summed E-state index contributed by atoms with van der Waals surface area (Å²) in [5.74, 6) is -2.79. The van der Waals surface area contributed by atoms with Gasteiger partial charge in [-0.25, -0.2) is 18.2 Å². The van der Waals surface area contributed by atoms with E-state index < -0.39 is 17.5 Å². The molecule has 8 nitrogen and oxygen atoms in total. The zero-order valence-corrected chi connectivity index (χ0v) is 20.1. The Morgan fingerprint density at radius 1 is 1.09 bits per heavy atom. The highest BCUT2D eigenvalue weighted by atomic mass is 19.2. The molecular formula is C24H28F3N7O. The maximum atomic E-state index is 13.5. The third-order valence-electron chi connectivity index (χ3n) is 5.96. The van der Waals surface area contributed by atoms with Crippen LogP contribution in [-0.4, -0.2) is 44.3 Å². The number of hydrogen-bond acceptors (Lipinski definition) is 6. The van der Waals surface area contributed by atoms with Gasteiger partial charge in [0.25, 0.3) is 0 Å². The van der Waals surface area contributed by atoms with Gasteiger partial charge in [-0.15, -0.1) is 0 Å². The normalized spacial score (nSPS) is 15.7.